The van der Waals surface area contributed by atoms with E-state index in [-0.39, 0.29) is 0 Å². The smallest absolute Gasteiger partial charge is 0.180 e. The van der Waals surface area contributed by atoms with Crippen LogP contribution in [0.1, 0.15) is 24.5 Å². The molecule has 0 atom stereocenters. The number of benzene rings is 2. The van der Waals surface area contributed by atoms with Crippen molar-refractivity contribution < 1.29 is 0 Å². The highest BCUT2D eigenvalue weighted by Crippen LogP contribution is 2.41. The molecule has 0 saturated heterocycles. The topological polar surface area (TPSA) is 87.9 Å². The molecule has 0 radical (unpaired) electrons. The molecule has 2 aromatic carbocycles. The number of anilines is 2. The van der Waals surface area contributed by atoms with Gasteiger partial charge in [-0.3, -0.25) is 0 Å². The van der Waals surface area contributed by atoms with Crippen LogP contribution in [-0.4, -0.2) is 42.3 Å². The number of tetrazole rings is 1. The van der Waals surface area contributed by atoms with Gasteiger partial charge in [-0.15, -0.1) is 5.10 Å². The summed E-state index contributed by atoms with van der Waals surface area (Å²) in [6.45, 7) is 0. The molecule has 0 aliphatic heterocycles. The fourth-order valence-electron chi connectivity index (χ4n) is 3.95. The lowest BCUT2D eigenvalue weighted by molar-refractivity contribution is 0.881. The summed E-state index contributed by atoms with van der Waals surface area (Å²) in [5.74, 6) is 2.25. The zero-order valence-electron chi connectivity index (χ0n) is 17.0. The highest BCUT2D eigenvalue weighted by atomic mass is 15.5. The van der Waals surface area contributed by atoms with E-state index in [0.717, 1.165) is 39.5 Å². The fraction of sp³-hybridized carbons (Fsp3) is 0.174. The van der Waals surface area contributed by atoms with E-state index in [1.54, 1.807) is 6.20 Å². The quantitative estimate of drug-likeness (QED) is 0.468. The minimum Gasteiger partial charge on any atom is -0.329 e. The van der Waals surface area contributed by atoms with Crippen molar-refractivity contribution >= 4 is 17.2 Å². The van der Waals surface area contributed by atoms with E-state index in [1.807, 2.05) is 28.8 Å². The molecule has 0 unspecified atom stereocenters. The maximum Gasteiger partial charge on any atom is 0.180 e. The summed E-state index contributed by atoms with van der Waals surface area (Å²) < 4.78 is 1.89. The minimum atomic E-state index is 0.580. The fourth-order valence-corrected chi connectivity index (χ4v) is 3.95. The van der Waals surface area contributed by atoms with Gasteiger partial charge in [-0.2, -0.15) is 9.61 Å². The van der Waals surface area contributed by atoms with Gasteiger partial charge in [0.05, 0.1) is 6.20 Å². The Balaban J connectivity index is 1.37. The van der Waals surface area contributed by atoms with Crippen molar-refractivity contribution in [2.24, 2.45) is 0 Å². The largest absolute Gasteiger partial charge is 0.329 e. The van der Waals surface area contributed by atoms with Crippen LogP contribution in [0, 0.1) is 0 Å². The maximum absolute atomic E-state index is 4.78. The van der Waals surface area contributed by atoms with Gasteiger partial charge in [0.25, 0.3) is 0 Å². The van der Waals surface area contributed by atoms with Crippen molar-refractivity contribution in [3.8, 4) is 22.5 Å². The van der Waals surface area contributed by atoms with Crippen LogP contribution >= 0.6 is 0 Å². The van der Waals surface area contributed by atoms with Crippen molar-refractivity contribution in [2.45, 2.75) is 18.8 Å². The standard InChI is InChI=1S/C23H20N8/c1-30(22-14-20(16-6-7-16)25-21-12-13-24-31(21)22)17-10-8-15(9-11-17)18-4-2-3-5-19(18)23-26-28-29-27-23/h2-5,8-14,16H,6-7H2,1H3,(H,26,27,28,29). The predicted molar refractivity (Wildman–Crippen MR) is 118 cm³/mol. The first-order valence-corrected chi connectivity index (χ1v) is 10.3. The third kappa shape index (κ3) is 3.13. The molecule has 0 amide bonds. The summed E-state index contributed by atoms with van der Waals surface area (Å²) in [7, 11) is 2.07. The summed E-state index contributed by atoms with van der Waals surface area (Å²) in [6.07, 6.45) is 4.24. The molecule has 0 bridgehead atoms. The molecule has 5 aromatic rings. The van der Waals surface area contributed by atoms with Gasteiger partial charge in [-0.25, -0.2) is 10.1 Å². The molecular weight excluding hydrogens is 388 g/mol. The molecule has 152 valence electrons. The molecule has 1 fully saturated rings. The van der Waals surface area contributed by atoms with Gasteiger partial charge in [0, 0.05) is 42.0 Å². The summed E-state index contributed by atoms with van der Waals surface area (Å²) in [5, 5.41) is 18.8. The zero-order valence-corrected chi connectivity index (χ0v) is 17.0. The van der Waals surface area contributed by atoms with Gasteiger partial charge >= 0.3 is 0 Å². The Hall–Kier alpha value is -4.07. The number of nitrogens with zero attached hydrogens (tertiary/aromatic N) is 7. The molecule has 3 aromatic heterocycles. The zero-order chi connectivity index (χ0) is 20.8. The van der Waals surface area contributed by atoms with E-state index in [2.05, 4.69) is 74.1 Å². The van der Waals surface area contributed by atoms with Crippen molar-refractivity contribution in [1.82, 2.24) is 35.2 Å². The van der Waals surface area contributed by atoms with E-state index in [9.17, 15) is 0 Å². The number of hydrogen-bond donors (Lipinski definition) is 1. The summed E-state index contributed by atoms with van der Waals surface area (Å²) in [6, 6.07) is 20.7. The number of fused-ring (bicyclic) bond motifs is 1. The molecule has 8 nitrogen and oxygen atoms in total. The lowest BCUT2D eigenvalue weighted by Gasteiger charge is -2.21. The lowest BCUT2D eigenvalue weighted by atomic mass is 9.99. The molecule has 0 spiro atoms. The minimum absolute atomic E-state index is 0.580. The third-order valence-corrected chi connectivity index (χ3v) is 5.79. The molecule has 6 rings (SSSR count). The Morgan fingerprint density at radius 3 is 2.55 bits per heavy atom. The predicted octanol–water partition coefficient (Wildman–Crippen LogP) is 4.22. The Bertz CT molecular complexity index is 1350. The van der Waals surface area contributed by atoms with Crippen LogP contribution < -0.4 is 4.90 Å². The summed E-state index contributed by atoms with van der Waals surface area (Å²) >= 11 is 0. The monoisotopic (exact) mass is 408 g/mol. The van der Waals surface area contributed by atoms with Gasteiger partial charge < -0.3 is 4.90 Å². The first kappa shape index (κ1) is 17.8. The van der Waals surface area contributed by atoms with Gasteiger partial charge in [0.1, 0.15) is 5.82 Å². The third-order valence-electron chi connectivity index (χ3n) is 5.79. The Morgan fingerprint density at radius 2 is 1.81 bits per heavy atom. The van der Waals surface area contributed by atoms with E-state index >= 15 is 0 Å². The van der Waals surface area contributed by atoms with E-state index in [0.29, 0.717) is 11.7 Å². The number of H-pyrrole nitrogens is 1. The lowest BCUT2D eigenvalue weighted by Crippen LogP contribution is -2.15. The van der Waals surface area contributed by atoms with Crippen molar-refractivity contribution in [3.05, 3.63) is 72.6 Å². The van der Waals surface area contributed by atoms with Crippen molar-refractivity contribution in [2.75, 3.05) is 11.9 Å². The number of aromatic nitrogens is 7. The summed E-state index contributed by atoms with van der Waals surface area (Å²) in [5.41, 5.74) is 6.26. The first-order chi connectivity index (χ1) is 15.3. The van der Waals surface area contributed by atoms with E-state index in [1.165, 1.54) is 12.8 Å². The second-order valence-electron chi connectivity index (χ2n) is 7.82. The second kappa shape index (κ2) is 7.02. The highest BCUT2D eigenvalue weighted by Gasteiger charge is 2.27. The van der Waals surface area contributed by atoms with Crippen LogP contribution in [0.5, 0.6) is 0 Å². The molecule has 1 saturated carbocycles. The van der Waals surface area contributed by atoms with E-state index < -0.39 is 0 Å². The first-order valence-electron chi connectivity index (χ1n) is 10.3. The average molecular weight is 408 g/mol. The van der Waals surface area contributed by atoms with Gasteiger partial charge in [0.2, 0.25) is 0 Å². The van der Waals surface area contributed by atoms with Gasteiger partial charge in [-0.05, 0) is 46.5 Å². The van der Waals surface area contributed by atoms with Crippen molar-refractivity contribution in [1.29, 1.82) is 0 Å². The van der Waals surface area contributed by atoms with Crippen LogP contribution in [0.15, 0.2) is 66.9 Å². The average Bonchev–Trinajstić information content (AvgIpc) is 3.32. The summed E-state index contributed by atoms with van der Waals surface area (Å²) in [4.78, 5) is 6.93. The SMILES string of the molecule is CN(c1ccc(-c2ccccc2-c2nnn[nH]2)cc1)c1cc(C2CC2)nc2ccnn12. The van der Waals surface area contributed by atoms with Crippen LogP contribution in [0.2, 0.25) is 0 Å². The second-order valence-corrected chi connectivity index (χ2v) is 7.82. The molecular formula is C23H20N8. The normalized spacial score (nSPS) is 13.6. The van der Waals surface area contributed by atoms with Crippen molar-refractivity contribution in [3.63, 3.8) is 0 Å². The van der Waals surface area contributed by atoms with Crippen LogP contribution in [-0.2, 0) is 0 Å². The molecule has 31 heavy (non-hydrogen) atoms. The molecule has 3 heterocycles. The molecule has 8 heteroatoms. The molecule has 1 aliphatic rings. The molecule has 1 N–H and O–H groups in total. The Labute approximate surface area is 178 Å². The van der Waals surface area contributed by atoms with E-state index in [4.69, 9.17) is 4.98 Å². The van der Waals surface area contributed by atoms with Crippen LogP contribution in [0.3, 0.4) is 0 Å². The number of rotatable bonds is 5. The Kier molecular flexibility index (Phi) is 4.02. The Morgan fingerprint density at radius 1 is 1.00 bits per heavy atom. The molecule has 1 aliphatic carbocycles. The highest BCUT2D eigenvalue weighted by molar-refractivity contribution is 5.81. The van der Waals surface area contributed by atoms with Gasteiger partial charge in [-0.1, -0.05) is 36.4 Å². The number of aromatic amines is 1. The number of hydrogen-bond acceptors (Lipinski definition) is 6. The maximum atomic E-state index is 4.78. The number of nitrogens with one attached hydrogen (secondary N) is 1. The van der Waals surface area contributed by atoms with Gasteiger partial charge in [0.15, 0.2) is 11.5 Å². The van der Waals surface area contributed by atoms with Crippen LogP contribution in [0.4, 0.5) is 11.5 Å². The van der Waals surface area contributed by atoms with Crippen LogP contribution in [0.25, 0.3) is 28.2 Å².